The van der Waals surface area contributed by atoms with Crippen LogP contribution in [-0.4, -0.2) is 9.55 Å². The molecule has 2 aromatic carbocycles. The van der Waals surface area contributed by atoms with E-state index in [1.54, 1.807) is 4.57 Å². The third kappa shape index (κ3) is 2.34. The van der Waals surface area contributed by atoms with Crippen LogP contribution in [0.25, 0.3) is 21.8 Å². The number of hydrogen-bond acceptors (Lipinski definition) is 2. The first kappa shape index (κ1) is 14.7. The van der Waals surface area contributed by atoms with E-state index < -0.39 is 11.1 Å². The summed E-state index contributed by atoms with van der Waals surface area (Å²) in [7, 11) is 0. The van der Waals surface area contributed by atoms with Gasteiger partial charge in [0.1, 0.15) is 0 Å². The molecule has 0 atom stereocenters. The van der Waals surface area contributed by atoms with Gasteiger partial charge < -0.3 is 4.98 Å². The molecular weight excluding hydrogens is 356 g/mol. The molecule has 0 aliphatic heterocycles. The van der Waals surface area contributed by atoms with E-state index in [0.29, 0.717) is 5.52 Å². The molecule has 118 valence electrons. The fourth-order valence-corrected chi connectivity index (χ4v) is 4.32. The molecule has 0 saturated heterocycles. The number of hydrogen-bond donors (Lipinski definition) is 1. The first-order valence-electron chi connectivity index (χ1n) is 8.02. The van der Waals surface area contributed by atoms with Gasteiger partial charge in [0.05, 0.1) is 11.0 Å². The summed E-state index contributed by atoms with van der Waals surface area (Å²) >= 11 is 3.57. The zero-order valence-corrected chi connectivity index (χ0v) is 14.2. The topological polar surface area (TPSA) is 54.9 Å². The molecule has 1 fully saturated rings. The van der Waals surface area contributed by atoms with Crippen LogP contribution >= 0.6 is 15.9 Å². The monoisotopic (exact) mass is 372 g/mol. The van der Waals surface area contributed by atoms with Gasteiger partial charge in [-0.1, -0.05) is 59.5 Å². The van der Waals surface area contributed by atoms with Gasteiger partial charge >= 0.3 is 11.1 Å². The maximum absolute atomic E-state index is 12.6. The highest BCUT2D eigenvalue weighted by atomic mass is 79.9. The lowest BCUT2D eigenvalue weighted by Gasteiger charge is -2.25. The van der Waals surface area contributed by atoms with Gasteiger partial charge in [0.25, 0.3) is 0 Å². The summed E-state index contributed by atoms with van der Waals surface area (Å²) in [4.78, 5) is 27.5. The quantitative estimate of drug-likeness (QED) is 0.516. The molecule has 5 heteroatoms. The van der Waals surface area contributed by atoms with Crippen molar-refractivity contribution >= 4 is 37.7 Å². The number of nitrogens with zero attached hydrogens (tertiary/aromatic N) is 1. The molecule has 1 aromatic heterocycles. The summed E-state index contributed by atoms with van der Waals surface area (Å²) < 4.78 is 2.67. The largest absolute Gasteiger partial charge is 0.317 e. The van der Waals surface area contributed by atoms with Crippen molar-refractivity contribution in [3.8, 4) is 0 Å². The van der Waals surface area contributed by atoms with Crippen LogP contribution < -0.4 is 11.1 Å². The average Bonchev–Trinajstić information content (AvgIpc) is 2.58. The van der Waals surface area contributed by atoms with E-state index in [4.69, 9.17) is 0 Å². The highest BCUT2D eigenvalue weighted by Crippen LogP contribution is 2.34. The van der Waals surface area contributed by atoms with Gasteiger partial charge in [-0.15, -0.1) is 0 Å². The Bertz CT molecular complexity index is 1010. The number of nitrogens with one attached hydrogen (secondary N) is 1. The number of H-pyrrole nitrogens is 1. The van der Waals surface area contributed by atoms with Crippen molar-refractivity contribution in [1.82, 2.24) is 9.55 Å². The molecule has 1 N–H and O–H groups in total. The molecule has 1 aliphatic rings. The Morgan fingerprint density at radius 2 is 1.74 bits per heavy atom. The van der Waals surface area contributed by atoms with Gasteiger partial charge in [0, 0.05) is 15.9 Å². The maximum Gasteiger partial charge on any atom is 0.317 e. The number of aromatic amines is 1. The summed E-state index contributed by atoms with van der Waals surface area (Å²) in [5.74, 6) is 0. The molecular formula is C18H17BrN2O2. The van der Waals surface area contributed by atoms with Crippen LogP contribution in [0.4, 0.5) is 0 Å². The Kier molecular flexibility index (Phi) is 3.60. The van der Waals surface area contributed by atoms with Crippen LogP contribution in [0, 0.1) is 0 Å². The second-order valence-corrected chi connectivity index (χ2v) is 7.08. The van der Waals surface area contributed by atoms with Gasteiger partial charge in [-0.05, 0) is 24.3 Å². The number of halogens is 1. The second kappa shape index (κ2) is 5.64. The molecule has 0 bridgehead atoms. The molecule has 0 unspecified atom stereocenters. The van der Waals surface area contributed by atoms with Crippen molar-refractivity contribution in [2.45, 2.75) is 38.1 Å². The summed E-state index contributed by atoms with van der Waals surface area (Å²) in [6.45, 7) is 0. The maximum atomic E-state index is 12.6. The average molecular weight is 373 g/mol. The van der Waals surface area contributed by atoms with E-state index in [2.05, 4.69) is 20.9 Å². The fourth-order valence-electron chi connectivity index (χ4n) is 3.74. The SMILES string of the molecule is O=c1[nH]c2cc(Br)c3ccccc3c2n(C2CCCCC2)c1=O. The Morgan fingerprint density at radius 3 is 2.48 bits per heavy atom. The molecule has 1 aliphatic carbocycles. The van der Waals surface area contributed by atoms with Crippen molar-refractivity contribution in [2.75, 3.05) is 0 Å². The zero-order chi connectivity index (χ0) is 16.0. The van der Waals surface area contributed by atoms with E-state index in [-0.39, 0.29) is 6.04 Å². The van der Waals surface area contributed by atoms with E-state index >= 15 is 0 Å². The highest BCUT2D eigenvalue weighted by Gasteiger charge is 2.21. The van der Waals surface area contributed by atoms with Crippen LogP contribution in [0.3, 0.4) is 0 Å². The van der Waals surface area contributed by atoms with Gasteiger partial charge in [0.15, 0.2) is 0 Å². The van der Waals surface area contributed by atoms with Crippen LogP contribution in [-0.2, 0) is 0 Å². The molecule has 0 spiro atoms. The van der Waals surface area contributed by atoms with E-state index in [9.17, 15) is 9.59 Å². The van der Waals surface area contributed by atoms with Gasteiger partial charge in [-0.2, -0.15) is 0 Å². The van der Waals surface area contributed by atoms with Crippen molar-refractivity contribution in [2.24, 2.45) is 0 Å². The molecule has 1 heterocycles. The van der Waals surface area contributed by atoms with Crippen LogP contribution in [0.1, 0.15) is 38.1 Å². The second-order valence-electron chi connectivity index (χ2n) is 6.22. The van der Waals surface area contributed by atoms with Gasteiger partial charge in [-0.25, -0.2) is 0 Å². The lowest BCUT2D eigenvalue weighted by molar-refractivity contribution is 0.353. The number of benzene rings is 2. The number of rotatable bonds is 1. The predicted octanol–water partition coefficient (Wildman–Crippen LogP) is 4.11. The lowest BCUT2D eigenvalue weighted by Crippen LogP contribution is -2.39. The predicted molar refractivity (Wildman–Crippen MR) is 96.2 cm³/mol. The Balaban J connectivity index is 2.18. The summed E-state index contributed by atoms with van der Waals surface area (Å²) in [5, 5.41) is 2.05. The summed E-state index contributed by atoms with van der Waals surface area (Å²) in [6.07, 6.45) is 5.35. The van der Waals surface area contributed by atoms with Crippen LogP contribution in [0.2, 0.25) is 0 Å². The summed E-state index contributed by atoms with van der Waals surface area (Å²) in [5.41, 5.74) is 0.591. The van der Waals surface area contributed by atoms with E-state index in [0.717, 1.165) is 46.4 Å². The molecule has 1 saturated carbocycles. The smallest absolute Gasteiger partial charge is 0.316 e. The van der Waals surface area contributed by atoms with Gasteiger partial charge in [0.2, 0.25) is 0 Å². The first-order chi connectivity index (χ1) is 11.2. The zero-order valence-electron chi connectivity index (χ0n) is 12.6. The molecule has 4 nitrogen and oxygen atoms in total. The fraction of sp³-hybridized carbons (Fsp3) is 0.333. The standard InChI is InChI=1S/C18H17BrN2O2/c19-14-10-15-16(13-9-5-4-8-12(13)14)21(18(23)17(22)20-15)11-6-2-1-3-7-11/h4-5,8-11H,1-3,6-7H2,(H,20,22). The third-order valence-corrected chi connectivity index (χ3v) is 5.46. The van der Waals surface area contributed by atoms with Crippen molar-refractivity contribution in [1.29, 1.82) is 0 Å². The molecule has 23 heavy (non-hydrogen) atoms. The molecule has 0 amide bonds. The van der Waals surface area contributed by atoms with E-state index in [1.165, 1.54) is 6.42 Å². The van der Waals surface area contributed by atoms with Crippen molar-refractivity contribution in [3.63, 3.8) is 0 Å². The van der Waals surface area contributed by atoms with Crippen molar-refractivity contribution < 1.29 is 0 Å². The lowest BCUT2D eigenvalue weighted by atomic mass is 9.94. The Labute approximate surface area is 141 Å². The van der Waals surface area contributed by atoms with E-state index in [1.807, 2.05) is 30.3 Å². The number of fused-ring (bicyclic) bond motifs is 3. The molecule has 3 aromatic rings. The highest BCUT2D eigenvalue weighted by molar-refractivity contribution is 9.10. The normalized spacial score (nSPS) is 16.2. The van der Waals surface area contributed by atoms with Crippen LogP contribution in [0.5, 0.6) is 0 Å². The van der Waals surface area contributed by atoms with Crippen LogP contribution in [0.15, 0.2) is 44.4 Å². The molecule has 4 rings (SSSR count). The minimum Gasteiger partial charge on any atom is -0.316 e. The Morgan fingerprint density at radius 1 is 1.04 bits per heavy atom. The van der Waals surface area contributed by atoms with Crippen molar-refractivity contribution in [3.05, 3.63) is 55.5 Å². The summed E-state index contributed by atoms with van der Waals surface area (Å²) in [6, 6.07) is 10.0. The minimum atomic E-state index is -0.537. The third-order valence-electron chi connectivity index (χ3n) is 4.81. The Hall–Kier alpha value is -1.88. The number of aromatic nitrogens is 2. The minimum absolute atomic E-state index is 0.116. The first-order valence-corrected chi connectivity index (χ1v) is 8.82. The van der Waals surface area contributed by atoms with Gasteiger partial charge in [-0.3, -0.25) is 14.2 Å². The molecule has 0 radical (unpaired) electrons.